The molecule has 1 aromatic carbocycles. The number of carbonyl (C=O) groups excluding carboxylic acids is 1. The summed E-state index contributed by atoms with van der Waals surface area (Å²) >= 11 is 0. The van der Waals surface area contributed by atoms with Crippen LogP contribution in [0.15, 0.2) is 24.3 Å². The van der Waals surface area contributed by atoms with Gasteiger partial charge in [-0.3, -0.25) is 9.59 Å². The molecule has 1 unspecified atom stereocenters. The van der Waals surface area contributed by atoms with Crippen LogP contribution in [-0.4, -0.2) is 23.5 Å². The molecule has 4 nitrogen and oxygen atoms in total. The minimum atomic E-state index is -1.04. The van der Waals surface area contributed by atoms with Crippen LogP contribution in [0.25, 0.3) is 0 Å². The second-order valence-corrected chi connectivity index (χ2v) is 4.66. The molecule has 1 rings (SSSR count). The number of ketones is 1. The highest BCUT2D eigenvalue weighted by molar-refractivity contribution is 5.96. The van der Waals surface area contributed by atoms with Crippen LogP contribution in [0.4, 0.5) is 0 Å². The van der Waals surface area contributed by atoms with Crippen molar-refractivity contribution in [3.05, 3.63) is 29.8 Å². The van der Waals surface area contributed by atoms with Gasteiger partial charge in [0.1, 0.15) is 17.5 Å². The molecule has 1 N–H and O–H groups in total. The van der Waals surface area contributed by atoms with Gasteiger partial charge in [0.05, 0.1) is 6.61 Å². The van der Waals surface area contributed by atoms with E-state index in [0.29, 0.717) is 19.4 Å². The van der Waals surface area contributed by atoms with Gasteiger partial charge < -0.3 is 9.84 Å². The van der Waals surface area contributed by atoms with Crippen LogP contribution in [0.5, 0.6) is 5.75 Å². The first kappa shape index (κ1) is 15.2. The predicted octanol–water partition coefficient (Wildman–Crippen LogP) is 2.83. The summed E-state index contributed by atoms with van der Waals surface area (Å²) in [5.74, 6) is -1.38. The number of hydrogen-bond acceptors (Lipinski definition) is 3. The van der Waals surface area contributed by atoms with E-state index in [1.807, 2.05) is 31.2 Å². The van der Waals surface area contributed by atoms with Gasteiger partial charge in [0.2, 0.25) is 0 Å². The van der Waals surface area contributed by atoms with Crippen LogP contribution >= 0.6 is 0 Å². The van der Waals surface area contributed by atoms with Crippen molar-refractivity contribution in [1.82, 2.24) is 0 Å². The molecular weight excluding hydrogens is 244 g/mol. The third kappa shape index (κ3) is 5.55. The number of carboxylic acid groups (broad SMARTS) is 1. The second kappa shape index (κ2) is 7.56. The first-order valence-corrected chi connectivity index (χ1v) is 6.43. The smallest absolute Gasteiger partial charge is 0.314 e. The molecule has 19 heavy (non-hydrogen) atoms. The number of aryl methyl sites for hydroxylation is 1. The number of aliphatic carboxylic acids is 1. The van der Waals surface area contributed by atoms with Crippen LogP contribution in [-0.2, 0) is 9.59 Å². The number of unbranched alkanes of at least 4 members (excludes halogenated alkanes) is 1. The summed E-state index contributed by atoms with van der Waals surface area (Å²) in [7, 11) is 0. The number of rotatable bonds is 8. The van der Waals surface area contributed by atoms with Crippen LogP contribution in [0.2, 0.25) is 0 Å². The molecule has 4 heteroatoms. The number of carbonyl (C=O) groups is 2. The van der Waals surface area contributed by atoms with Crippen molar-refractivity contribution >= 4 is 11.8 Å². The van der Waals surface area contributed by atoms with E-state index in [1.54, 1.807) is 0 Å². The lowest BCUT2D eigenvalue weighted by Gasteiger charge is -2.09. The molecule has 0 amide bonds. The number of carboxylic acids is 1. The molecule has 0 aromatic heterocycles. The fourth-order valence-electron chi connectivity index (χ4n) is 1.85. The van der Waals surface area contributed by atoms with E-state index in [9.17, 15) is 9.59 Å². The van der Waals surface area contributed by atoms with Crippen molar-refractivity contribution in [3.63, 3.8) is 0 Å². The lowest BCUT2D eigenvalue weighted by Crippen LogP contribution is -2.21. The second-order valence-electron chi connectivity index (χ2n) is 4.66. The van der Waals surface area contributed by atoms with E-state index in [4.69, 9.17) is 9.84 Å². The van der Waals surface area contributed by atoms with E-state index in [0.717, 1.165) is 17.7 Å². The fraction of sp³-hybridized carbons (Fsp3) is 0.467. The molecule has 0 aliphatic carbocycles. The normalized spacial score (nSPS) is 11.9. The van der Waals surface area contributed by atoms with Gasteiger partial charge in [-0.25, -0.2) is 0 Å². The largest absolute Gasteiger partial charge is 0.494 e. The first-order valence-electron chi connectivity index (χ1n) is 6.43. The highest BCUT2D eigenvalue weighted by Crippen LogP contribution is 2.14. The third-order valence-corrected chi connectivity index (χ3v) is 2.93. The Kier molecular flexibility index (Phi) is 6.06. The lowest BCUT2D eigenvalue weighted by atomic mass is 9.98. The molecule has 0 saturated heterocycles. The lowest BCUT2D eigenvalue weighted by molar-refractivity contribution is -0.146. The Bertz CT molecular complexity index is 426. The molecule has 0 saturated carbocycles. The number of Topliss-reactive ketones (excluding diaryl/α,β-unsaturated/α-hetero) is 1. The summed E-state index contributed by atoms with van der Waals surface area (Å²) in [4.78, 5) is 21.9. The zero-order chi connectivity index (χ0) is 14.3. The van der Waals surface area contributed by atoms with Gasteiger partial charge in [-0.1, -0.05) is 12.1 Å². The molecule has 0 fully saturated rings. The summed E-state index contributed by atoms with van der Waals surface area (Å²) in [6, 6.07) is 7.77. The maximum Gasteiger partial charge on any atom is 0.314 e. The first-order chi connectivity index (χ1) is 9.00. The summed E-state index contributed by atoms with van der Waals surface area (Å²) in [6.45, 7) is 3.85. The molecule has 0 heterocycles. The number of hydrogen-bond donors (Lipinski definition) is 1. The van der Waals surface area contributed by atoms with E-state index in [2.05, 4.69) is 0 Å². The Balaban J connectivity index is 2.24. The van der Waals surface area contributed by atoms with Gasteiger partial charge in [0.25, 0.3) is 0 Å². The molecular formula is C15H20O4. The molecule has 0 radical (unpaired) electrons. The maximum atomic E-state index is 11.1. The zero-order valence-electron chi connectivity index (χ0n) is 11.4. The van der Waals surface area contributed by atoms with E-state index >= 15 is 0 Å². The van der Waals surface area contributed by atoms with E-state index in [-0.39, 0.29) is 5.78 Å². The van der Waals surface area contributed by atoms with Crippen molar-refractivity contribution in [2.75, 3.05) is 6.61 Å². The highest BCUT2D eigenvalue weighted by atomic mass is 16.5. The van der Waals surface area contributed by atoms with Crippen molar-refractivity contribution in [1.29, 1.82) is 0 Å². The van der Waals surface area contributed by atoms with Crippen molar-refractivity contribution in [3.8, 4) is 5.75 Å². The summed E-state index contributed by atoms with van der Waals surface area (Å²) in [5, 5.41) is 8.86. The molecule has 0 bridgehead atoms. The topological polar surface area (TPSA) is 63.6 Å². The fourth-order valence-corrected chi connectivity index (χ4v) is 1.85. The van der Waals surface area contributed by atoms with Crippen LogP contribution in [0, 0.1) is 12.8 Å². The van der Waals surface area contributed by atoms with Gasteiger partial charge in [0, 0.05) is 0 Å². The zero-order valence-corrected chi connectivity index (χ0v) is 11.4. The van der Waals surface area contributed by atoms with Gasteiger partial charge in [-0.15, -0.1) is 0 Å². The van der Waals surface area contributed by atoms with Gasteiger partial charge in [-0.05, 0) is 50.8 Å². The van der Waals surface area contributed by atoms with Crippen LogP contribution in [0.1, 0.15) is 31.7 Å². The SMILES string of the molecule is CC(=O)C(CCCCOc1cccc(C)c1)C(=O)O. The Morgan fingerprint density at radius 1 is 1.32 bits per heavy atom. The molecule has 0 aliphatic rings. The third-order valence-electron chi connectivity index (χ3n) is 2.93. The molecule has 0 aliphatic heterocycles. The van der Waals surface area contributed by atoms with Crippen molar-refractivity contribution in [2.45, 2.75) is 33.1 Å². The average Bonchev–Trinajstić information content (AvgIpc) is 2.32. The predicted molar refractivity (Wildman–Crippen MR) is 72.3 cm³/mol. The highest BCUT2D eigenvalue weighted by Gasteiger charge is 2.21. The van der Waals surface area contributed by atoms with Gasteiger partial charge >= 0.3 is 5.97 Å². The maximum absolute atomic E-state index is 11.1. The molecule has 1 atom stereocenters. The molecule has 0 spiro atoms. The Morgan fingerprint density at radius 2 is 2.05 bits per heavy atom. The minimum absolute atomic E-state index is 0.285. The average molecular weight is 264 g/mol. The Morgan fingerprint density at radius 3 is 2.63 bits per heavy atom. The van der Waals surface area contributed by atoms with E-state index in [1.165, 1.54) is 6.92 Å². The summed E-state index contributed by atoms with van der Waals surface area (Å²) in [6.07, 6.45) is 1.79. The molecule has 1 aromatic rings. The monoisotopic (exact) mass is 264 g/mol. The molecule has 104 valence electrons. The summed E-state index contributed by atoms with van der Waals surface area (Å²) < 4.78 is 5.56. The van der Waals surface area contributed by atoms with Crippen LogP contribution in [0.3, 0.4) is 0 Å². The van der Waals surface area contributed by atoms with E-state index < -0.39 is 11.9 Å². The van der Waals surface area contributed by atoms with Crippen molar-refractivity contribution < 1.29 is 19.4 Å². The summed E-state index contributed by atoms with van der Waals surface area (Å²) in [5.41, 5.74) is 1.14. The Hall–Kier alpha value is -1.84. The Labute approximate surface area is 113 Å². The van der Waals surface area contributed by atoms with Crippen LogP contribution < -0.4 is 4.74 Å². The standard InChI is InChI=1S/C15H20O4/c1-11-6-5-7-13(10-11)19-9-4-3-8-14(12(2)16)15(17)18/h5-7,10,14H,3-4,8-9H2,1-2H3,(H,17,18). The van der Waals surface area contributed by atoms with Gasteiger partial charge in [-0.2, -0.15) is 0 Å². The quantitative estimate of drug-likeness (QED) is 0.579. The van der Waals surface area contributed by atoms with Gasteiger partial charge in [0.15, 0.2) is 0 Å². The minimum Gasteiger partial charge on any atom is -0.494 e. The number of ether oxygens (including phenoxy) is 1. The number of benzene rings is 1. The van der Waals surface area contributed by atoms with Crippen molar-refractivity contribution in [2.24, 2.45) is 5.92 Å².